The number of methoxy groups -OCH3 is 1. The maximum atomic E-state index is 13.1. The molecular formula is C23H26N2O3S2. The Balaban J connectivity index is 1.58. The van der Waals surface area contributed by atoms with Crippen molar-refractivity contribution in [2.45, 2.75) is 30.8 Å². The Hall–Kier alpha value is -2.19. The van der Waals surface area contributed by atoms with Gasteiger partial charge in [0.25, 0.3) is 0 Å². The molecule has 7 heteroatoms. The highest BCUT2D eigenvalue weighted by molar-refractivity contribution is 7.89. The van der Waals surface area contributed by atoms with Gasteiger partial charge in [0.15, 0.2) is 0 Å². The van der Waals surface area contributed by atoms with Crippen LogP contribution in [0.3, 0.4) is 0 Å². The van der Waals surface area contributed by atoms with Crippen LogP contribution < -0.4 is 9.46 Å². The number of hydrogen-bond donors (Lipinski definition) is 1. The zero-order chi connectivity index (χ0) is 21.1. The lowest BCUT2D eigenvalue weighted by Gasteiger charge is -2.35. The van der Waals surface area contributed by atoms with Crippen molar-refractivity contribution in [3.8, 4) is 5.75 Å². The molecule has 158 valence electrons. The first-order valence-corrected chi connectivity index (χ1v) is 12.4. The molecule has 2 heterocycles. The van der Waals surface area contributed by atoms with Crippen molar-refractivity contribution in [1.82, 2.24) is 9.62 Å². The van der Waals surface area contributed by atoms with Gasteiger partial charge in [-0.1, -0.05) is 30.3 Å². The van der Waals surface area contributed by atoms with Gasteiger partial charge in [-0.2, -0.15) is 11.3 Å². The molecule has 1 aromatic heterocycles. The first-order valence-electron chi connectivity index (χ1n) is 9.95. The maximum Gasteiger partial charge on any atom is 0.244 e. The molecule has 0 aliphatic carbocycles. The fourth-order valence-electron chi connectivity index (χ4n) is 3.97. The average molecular weight is 443 g/mol. The molecule has 1 aliphatic rings. The zero-order valence-electron chi connectivity index (χ0n) is 17.2. The van der Waals surface area contributed by atoms with Gasteiger partial charge in [0.05, 0.1) is 7.11 Å². The predicted octanol–water partition coefficient (Wildman–Crippen LogP) is 4.14. The third-order valence-corrected chi connectivity index (χ3v) is 7.75. The average Bonchev–Trinajstić information content (AvgIpc) is 3.28. The van der Waals surface area contributed by atoms with Gasteiger partial charge in [-0.25, -0.2) is 13.1 Å². The van der Waals surface area contributed by atoms with Crippen molar-refractivity contribution in [3.63, 3.8) is 0 Å². The van der Waals surface area contributed by atoms with Crippen LogP contribution in [0.1, 0.15) is 28.3 Å². The summed E-state index contributed by atoms with van der Waals surface area (Å²) in [4.78, 5) is 2.54. The Bertz CT molecular complexity index is 1110. The van der Waals surface area contributed by atoms with Crippen LogP contribution in [0.25, 0.3) is 0 Å². The molecule has 0 spiro atoms. The molecule has 30 heavy (non-hydrogen) atoms. The molecule has 0 amide bonds. The van der Waals surface area contributed by atoms with Crippen molar-refractivity contribution in [1.29, 1.82) is 0 Å². The summed E-state index contributed by atoms with van der Waals surface area (Å²) in [5.41, 5.74) is 4.70. The van der Waals surface area contributed by atoms with Crippen LogP contribution in [-0.2, 0) is 23.0 Å². The van der Waals surface area contributed by atoms with E-state index in [1.54, 1.807) is 23.5 Å². The number of nitrogens with zero attached hydrogens (tertiary/aromatic N) is 1. The van der Waals surface area contributed by atoms with Crippen molar-refractivity contribution in [3.05, 3.63) is 81.5 Å². The number of rotatable bonds is 7. The van der Waals surface area contributed by atoms with Gasteiger partial charge >= 0.3 is 0 Å². The van der Waals surface area contributed by atoms with Crippen LogP contribution in [0.5, 0.6) is 5.75 Å². The Morgan fingerprint density at radius 2 is 1.97 bits per heavy atom. The Kier molecular flexibility index (Phi) is 6.24. The number of thiophene rings is 1. The first-order chi connectivity index (χ1) is 14.5. The van der Waals surface area contributed by atoms with Gasteiger partial charge in [-0.3, -0.25) is 4.90 Å². The Morgan fingerprint density at radius 3 is 2.70 bits per heavy atom. The molecule has 0 fully saturated rings. The summed E-state index contributed by atoms with van der Waals surface area (Å²) in [6.07, 6.45) is 0.968. The second kappa shape index (κ2) is 8.89. The van der Waals surface area contributed by atoms with E-state index in [0.717, 1.165) is 30.6 Å². The highest BCUT2D eigenvalue weighted by atomic mass is 32.2. The minimum atomic E-state index is -3.71. The van der Waals surface area contributed by atoms with E-state index >= 15 is 0 Å². The molecule has 1 N–H and O–H groups in total. The van der Waals surface area contributed by atoms with E-state index in [0.29, 0.717) is 12.3 Å². The number of sulfonamides is 1. The zero-order valence-corrected chi connectivity index (χ0v) is 18.8. The number of nitrogens with one attached hydrogen (secondary N) is 1. The molecule has 3 aromatic rings. The van der Waals surface area contributed by atoms with E-state index in [1.807, 2.05) is 18.4 Å². The van der Waals surface area contributed by atoms with Crippen LogP contribution in [0.15, 0.2) is 64.2 Å². The summed E-state index contributed by atoms with van der Waals surface area (Å²) in [5, 5.41) is 4.14. The quantitative estimate of drug-likeness (QED) is 0.597. The van der Waals surface area contributed by atoms with Crippen molar-refractivity contribution in [2.75, 3.05) is 20.2 Å². The third kappa shape index (κ3) is 4.44. The fraction of sp³-hybridized carbons (Fsp3) is 0.304. The van der Waals surface area contributed by atoms with E-state index < -0.39 is 10.0 Å². The van der Waals surface area contributed by atoms with Crippen LogP contribution in [-0.4, -0.2) is 33.5 Å². The molecular weight excluding hydrogens is 416 g/mol. The standard InChI is InChI=1S/C23H26N2O3S2/c1-17-7-8-22(28-2)23(13-17)30(26,27)24-14-21(20-10-12-29-16-20)25-11-9-18-5-3-4-6-19(18)15-25/h3-8,10,12-13,16,21,24H,9,11,14-15H2,1-2H3/t21-/m1/s1. The SMILES string of the molecule is COc1ccc(C)cc1S(=O)(=O)NC[C@H](c1ccsc1)N1CCc2ccccc2C1. The molecule has 0 saturated heterocycles. The summed E-state index contributed by atoms with van der Waals surface area (Å²) in [6.45, 7) is 3.88. The van der Waals surface area contributed by atoms with E-state index in [-0.39, 0.29) is 10.9 Å². The lowest BCUT2D eigenvalue weighted by Crippen LogP contribution is -2.40. The number of hydrogen-bond acceptors (Lipinski definition) is 5. The normalized spacial score (nSPS) is 15.5. The Labute approximate surface area is 182 Å². The monoisotopic (exact) mass is 442 g/mol. The summed E-state index contributed by atoms with van der Waals surface area (Å²) in [6, 6.07) is 15.7. The number of benzene rings is 2. The third-order valence-electron chi connectivity index (χ3n) is 5.60. The molecule has 1 aliphatic heterocycles. The van der Waals surface area contributed by atoms with E-state index in [1.165, 1.54) is 18.2 Å². The summed E-state index contributed by atoms with van der Waals surface area (Å²) >= 11 is 1.63. The largest absolute Gasteiger partial charge is 0.495 e. The van der Waals surface area contributed by atoms with Gasteiger partial charge < -0.3 is 4.74 Å². The van der Waals surface area contributed by atoms with Crippen LogP contribution in [0.2, 0.25) is 0 Å². The van der Waals surface area contributed by atoms with Crippen LogP contribution >= 0.6 is 11.3 Å². The first kappa shape index (κ1) is 21.1. The Morgan fingerprint density at radius 1 is 1.17 bits per heavy atom. The highest BCUT2D eigenvalue weighted by Crippen LogP contribution is 2.30. The summed E-state index contributed by atoms with van der Waals surface area (Å²) in [7, 11) is -2.22. The van der Waals surface area contributed by atoms with E-state index in [4.69, 9.17) is 4.74 Å². The van der Waals surface area contributed by atoms with Crippen molar-refractivity contribution < 1.29 is 13.2 Å². The second-order valence-electron chi connectivity index (χ2n) is 7.57. The summed E-state index contributed by atoms with van der Waals surface area (Å²) < 4.78 is 34.4. The van der Waals surface area contributed by atoms with E-state index in [9.17, 15) is 8.42 Å². The van der Waals surface area contributed by atoms with Crippen molar-refractivity contribution in [2.24, 2.45) is 0 Å². The van der Waals surface area contributed by atoms with Crippen LogP contribution in [0, 0.1) is 6.92 Å². The maximum absolute atomic E-state index is 13.1. The lowest BCUT2D eigenvalue weighted by atomic mass is 9.97. The molecule has 0 bridgehead atoms. The molecule has 0 saturated carbocycles. The minimum Gasteiger partial charge on any atom is -0.495 e. The summed E-state index contributed by atoms with van der Waals surface area (Å²) in [5.74, 6) is 0.354. The smallest absolute Gasteiger partial charge is 0.244 e. The van der Waals surface area contributed by atoms with Gasteiger partial charge in [0, 0.05) is 25.7 Å². The second-order valence-corrected chi connectivity index (χ2v) is 10.1. The molecule has 0 unspecified atom stereocenters. The van der Waals surface area contributed by atoms with Gasteiger partial charge in [-0.15, -0.1) is 0 Å². The molecule has 2 aromatic carbocycles. The highest BCUT2D eigenvalue weighted by Gasteiger charge is 2.28. The molecule has 1 atom stereocenters. The van der Waals surface area contributed by atoms with Gasteiger partial charge in [0.2, 0.25) is 10.0 Å². The molecule has 0 radical (unpaired) electrons. The predicted molar refractivity (Wildman–Crippen MR) is 121 cm³/mol. The fourth-order valence-corrected chi connectivity index (χ4v) is 5.96. The van der Waals surface area contributed by atoms with Gasteiger partial charge in [0.1, 0.15) is 10.6 Å². The van der Waals surface area contributed by atoms with Crippen molar-refractivity contribution >= 4 is 21.4 Å². The minimum absolute atomic E-state index is 0.0322. The molecule has 4 rings (SSSR count). The topological polar surface area (TPSA) is 58.6 Å². The number of fused-ring (bicyclic) bond motifs is 1. The van der Waals surface area contributed by atoms with Gasteiger partial charge in [-0.05, 0) is 64.6 Å². The van der Waals surface area contributed by atoms with E-state index in [2.05, 4.69) is 45.3 Å². The van der Waals surface area contributed by atoms with Crippen LogP contribution in [0.4, 0.5) is 0 Å². The molecule has 5 nitrogen and oxygen atoms in total. The lowest BCUT2D eigenvalue weighted by molar-refractivity contribution is 0.180. The number of aryl methyl sites for hydroxylation is 1. The number of ether oxygens (including phenoxy) is 1.